The third kappa shape index (κ3) is 4.52. The second kappa shape index (κ2) is 8.64. The van der Waals surface area contributed by atoms with E-state index in [1.807, 2.05) is 0 Å². The van der Waals surface area contributed by atoms with Crippen LogP contribution in [-0.4, -0.2) is 26.8 Å². The van der Waals surface area contributed by atoms with Gasteiger partial charge in [0.2, 0.25) is 5.78 Å². The number of hydrogen-bond donors (Lipinski definition) is 1. The van der Waals surface area contributed by atoms with Crippen LogP contribution in [0.3, 0.4) is 0 Å². The fourth-order valence-corrected chi connectivity index (χ4v) is 4.05. The highest BCUT2D eigenvalue weighted by Gasteiger charge is 2.21. The maximum absolute atomic E-state index is 13.1. The summed E-state index contributed by atoms with van der Waals surface area (Å²) in [5.74, 6) is -1.97. The zero-order valence-corrected chi connectivity index (χ0v) is 17.3. The zero-order chi connectivity index (χ0) is 22.7. The van der Waals surface area contributed by atoms with Crippen molar-refractivity contribution in [3.8, 4) is 0 Å². The van der Waals surface area contributed by atoms with Gasteiger partial charge in [0.05, 0.1) is 16.1 Å². The molecule has 0 fully saturated rings. The molecule has 1 aromatic heterocycles. The summed E-state index contributed by atoms with van der Waals surface area (Å²) in [4.78, 5) is 24.7. The van der Waals surface area contributed by atoms with Gasteiger partial charge in [-0.25, -0.2) is 17.6 Å². The number of anilines is 1. The number of sulfonamides is 1. The first-order valence-corrected chi connectivity index (χ1v) is 10.9. The highest BCUT2D eigenvalue weighted by molar-refractivity contribution is 7.92. The first-order valence-electron chi connectivity index (χ1n) is 9.40. The van der Waals surface area contributed by atoms with Crippen LogP contribution in [0.25, 0.3) is 11.0 Å². The lowest BCUT2D eigenvalue weighted by Gasteiger charge is -2.12. The van der Waals surface area contributed by atoms with E-state index >= 15 is 0 Å². The lowest BCUT2D eigenvalue weighted by atomic mass is 10.2. The molecule has 9 heteroatoms. The van der Waals surface area contributed by atoms with Gasteiger partial charge in [0.1, 0.15) is 11.4 Å². The fraction of sp³-hybridized carbons (Fsp3) is 0.0435. The topological polar surface area (TPSA) is 103 Å². The standard InChI is InChI=1S/C23H16FNO6S/c24-16-9-11-17(12-10-16)32(28,29)25-19-7-3-2-6-18(19)23(27)30-14-20(26)22-13-15-5-1-4-8-21(15)31-22/h1-13,25H,14H2. The number of para-hydroxylation sites is 2. The minimum absolute atomic E-state index is 0.0435. The van der Waals surface area contributed by atoms with Gasteiger partial charge in [-0.05, 0) is 48.5 Å². The molecule has 0 saturated heterocycles. The Morgan fingerprint density at radius 3 is 2.38 bits per heavy atom. The summed E-state index contributed by atoms with van der Waals surface area (Å²) in [7, 11) is -4.08. The molecule has 4 aromatic rings. The highest BCUT2D eigenvalue weighted by Crippen LogP contribution is 2.22. The summed E-state index contributed by atoms with van der Waals surface area (Å²) in [6.07, 6.45) is 0. The van der Waals surface area contributed by atoms with Gasteiger partial charge in [0, 0.05) is 5.39 Å². The third-order valence-corrected chi connectivity index (χ3v) is 5.93. The maximum Gasteiger partial charge on any atom is 0.340 e. The van der Waals surface area contributed by atoms with Gasteiger partial charge in [0.15, 0.2) is 12.4 Å². The summed E-state index contributed by atoms with van der Waals surface area (Å²) in [6, 6.07) is 18.6. The molecular formula is C23H16FNO6S. The number of halogens is 1. The van der Waals surface area contributed by atoms with Gasteiger partial charge in [-0.3, -0.25) is 9.52 Å². The van der Waals surface area contributed by atoms with Crippen molar-refractivity contribution in [2.75, 3.05) is 11.3 Å². The Hall–Kier alpha value is -3.98. The molecule has 0 spiro atoms. The molecule has 0 radical (unpaired) electrons. The minimum atomic E-state index is -4.08. The second-order valence-corrected chi connectivity index (χ2v) is 8.44. The van der Waals surface area contributed by atoms with Crippen LogP contribution in [0.15, 0.2) is 88.2 Å². The summed E-state index contributed by atoms with van der Waals surface area (Å²) in [6.45, 7) is -0.586. The van der Waals surface area contributed by atoms with E-state index in [0.717, 1.165) is 29.7 Å². The van der Waals surface area contributed by atoms with Crippen LogP contribution in [0.2, 0.25) is 0 Å². The molecule has 1 heterocycles. The molecule has 0 unspecified atom stereocenters. The predicted molar refractivity (Wildman–Crippen MR) is 114 cm³/mol. The molecule has 0 aliphatic heterocycles. The number of carbonyl (C=O) groups is 2. The molecule has 162 valence electrons. The Labute approximate surface area is 182 Å². The first kappa shape index (κ1) is 21.3. The Bertz CT molecular complexity index is 1380. The SMILES string of the molecule is O=C(COC(=O)c1ccccc1NS(=O)(=O)c1ccc(F)cc1)c1cc2ccccc2o1. The number of nitrogens with one attached hydrogen (secondary N) is 1. The lowest BCUT2D eigenvalue weighted by molar-refractivity contribution is 0.0469. The highest BCUT2D eigenvalue weighted by atomic mass is 32.2. The number of carbonyl (C=O) groups excluding carboxylic acids is 2. The van der Waals surface area contributed by atoms with Crippen LogP contribution < -0.4 is 4.72 Å². The van der Waals surface area contributed by atoms with Gasteiger partial charge >= 0.3 is 5.97 Å². The molecule has 0 atom stereocenters. The van der Waals surface area contributed by atoms with E-state index in [-0.39, 0.29) is 21.9 Å². The van der Waals surface area contributed by atoms with Gasteiger partial charge in [-0.1, -0.05) is 30.3 Å². The molecule has 0 bridgehead atoms. The van der Waals surface area contributed by atoms with Crippen molar-refractivity contribution in [2.24, 2.45) is 0 Å². The molecule has 0 aliphatic carbocycles. The normalized spacial score (nSPS) is 11.3. The Kier molecular flexibility index (Phi) is 5.74. The van der Waals surface area contributed by atoms with Crippen LogP contribution in [0.1, 0.15) is 20.9 Å². The van der Waals surface area contributed by atoms with Crippen molar-refractivity contribution >= 4 is 38.4 Å². The van der Waals surface area contributed by atoms with Crippen molar-refractivity contribution in [1.82, 2.24) is 0 Å². The molecule has 4 rings (SSSR count). The van der Waals surface area contributed by atoms with Crippen molar-refractivity contribution in [1.29, 1.82) is 0 Å². The largest absolute Gasteiger partial charge is 0.453 e. The van der Waals surface area contributed by atoms with E-state index < -0.39 is 34.2 Å². The van der Waals surface area contributed by atoms with Crippen molar-refractivity contribution in [2.45, 2.75) is 4.90 Å². The van der Waals surface area contributed by atoms with Crippen LogP contribution in [-0.2, 0) is 14.8 Å². The second-order valence-electron chi connectivity index (χ2n) is 6.75. The predicted octanol–water partition coefficient (Wildman–Crippen LogP) is 4.41. The van der Waals surface area contributed by atoms with Crippen molar-refractivity contribution < 1.29 is 31.6 Å². The lowest BCUT2D eigenvalue weighted by Crippen LogP contribution is -2.18. The summed E-state index contributed by atoms with van der Waals surface area (Å²) < 4.78 is 51.1. The number of benzene rings is 3. The van der Waals surface area contributed by atoms with Gasteiger partial charge in [-0.2, -0.15) is 0 Å². The van der Waals surface area contributed by atoms with E-state index in [1.165, 1.54) is 24.3 Å². The van der Waals surface area contributed by atoms with Gasteiger partial charge in [0.25, 0.3) is 10.0 Å². The number of esters is 1. The Morgan fingerprint density at radius 1 is 0.938 bits per heavy atom. The molecule has 0 saturated carbocycles. The summed E-state index contributed by atoms with van der Waals surface area (Å²) >= 11 is 0. The molecule has 1 N–H and O–H groups in total. The van der Waals surface area contributed by atoms with E-state index in [4.69, 9.17) is 9.15 Å². The number of Topliss-reactive ketones (excluding diaryl/α,β-unsaturated/α-hetero) is 1. The number of hydrogen-bond acceptors (Lipinski definition) is 6. The van der Waals surface area contributed by atoms with E-state index in [2.05, 4.69) is 4.72 Å². The van der Waals surface area contributed by atoms with Crippen LogP contribution in [0.4, 0.5) is 10.1 Å². The number of fused-ring (bicyclic) bond motifs is 1. The van der Waals surface area contributed by atoms with Crippen LogP contribution >= 0.6 is 0 Å². The first-order chi connectivity index (χ1) is 15.3. The zero-order valence-electron chi connectivity index (χ0n) is 16.4. The average Bonchev–Trinajstić information content (AvgIpc) is 3.22. The number of ketones is 1. The molecule has 32 heavy (non-hydrogen) atoms. The van der Waals surface area contributed by atoms with E-state index in [9.17, 15) is 22.4 Å². The van der Waals surface area contributed by atoms with Crippen molar-refractivity contribution in [3.05, 3.63) is 96.0 Å². The molecule has 0 aliphatic rings. The Balaban J connectivity index is 1.48. The maximum atomic E-state index is 13.1. The summed E-state index contributed by atoms with van der Waals surface area (Å²) in [5.41, 5.74) is 0.399. The average molecular weight is 453 g/mol. The third-order valence-electron chi connectivity index (χ3n) is 4.55. The van der Waals surface area contributed by atoms with Crippen LogP contribution in [0.5, 0.6) is 0 Å². The molecule has 3 aromatic carbocycles. The van der Waals surface area contributed by atoms with Crippen LogP contribution in [0, 0.1) is 5.82 Å². The Morgan fingerprint density at radius 2 is 1.62 bits per heavy atom. The molecule has 0 amide bonds. The smallest absolute Gasteiger partial charge is 0.340 e. The number of ether oxygens (including phenoxy) is 1. The van der Waals surface area contributed by atoms with Crippen molar-refractivity contribution in [3.63, 3.8) is 0 Å². The van der Waals surface area contributed by atoms with E-state index in [0.29, 0.717) is 5.58 Å². The van der Waals surface area contributed by atoms with E-state index in [1.54, 1.807) is 30.3 Å². The summed E-state index contributed by atoms with van der Waals surface area (Å²) in [5, 5.41) is 0.739. The number of rotatable bonds is 7. The monoisotopic (exact) mass is 453 g/mol. The number of furan rings is 1. The fourth-order valence-electron chi connectivity index (χ4n) is 2.97. The van der Waals surface area contributed by atoms with Gasteiger partial charge < -0.3 is 9.15 Å². The molecular weight excluding hydrogens is 437 g/mol. The quantitative estimate of drug-likeness (QED) is 0.328. The molecule has 7 nitrogen and oxygen atoms in total. The van der Waals surface area contributed by atoms with Gasteiger partial charge in [-0.15, -0.1) is 0 Å². The minimum Gasteiger partial charge on any atom is -0.453 e.